The van der Waals surface area contributed by atoms with Gasteiger partial charge in [-0.15, -0.1) is 11.3 Å². The molecule has 0 radical (unpaired) electrons. The molecule has 0 atom stereocenters. The number of nitrogens with zero attached hydrogens (tertiary/aromatic N) is 2. The van der Waals surface area contributed by atoms with Crippen molar-refractivity contribution in [1.29, 1.82) is 0 Å². The third-order valence-corrected chi connectivity index (χ3v) is 4.75. The minimum absolute atomic E-state index is 0.0149. The summed E-state index contributed by atoms with van der Waals surface area (Å²) in [5.41, 5.74) is 0.637. The van der Waals surface area contributed by atoms with E-state index in [2.05, 4.69) is 9.97 Å². The van der Waals surface area contributed by atoms with E-state index < -0.39 is 11.7 Å². The van der Waals surface area contributed by atoms with E-state index in [0.717, 1.165) is 23.3 Å². The Morgan fingerprint density at radius 3 is 2.48 bits per heavy atom. The number of benzene rings is 2. The molecule has 3 nitrogen and oxygen atoms in total. The van der Waals surface area contributed by atoms with Gasteiger partial charge in [-0.25, -0.2) is 14.4 Å². The van der Waals surface area contributed by atoms with E-state index >= 15 is 0 Å². The zero-order valence-corrected chi connectivity index (χ0v) is 14.3. The lowest BCUT2D eigenvalue weighted by Gasteiger charge is -2.10. The Labute approximate surface area is 154 Å². The first-order valence-electron chi connectivity index (χ1n) is 7.75. The molecule has 4 aromatic rings. The van der Waals surface area contributed by atoms with Gasteiger partial charge in [0.1, 0.15) is 22.7 Å². The average Bonchev–Trinajstić information content (AvgIpc) is 3.07. The van der Waals surface area contributed by atoms with E-state index in [4.69, 9.17) is 4.74 Å². The minimum atomic E-state index is -4.47. The van der Waals surface area contributed by atoms with Gasteiger partial charge in [-0.2, -0.15) is 13.2 Å². The summed E-state index contributed by atoms with van der Waals surface area (Å²) >= 11 is 1.34. The maximum atomic E-state index is 13.2. The predicted molar refractivity (Wildman–Crippen MR) is 94.3 cm³/mol. The summed E-state index contributed by atoms with van der Waals surface area (Å²) in [5.74, 6) is -0.212. The Balaban J connectivity index is 1.79. The molecule has 8 heteroatoms. The zero-order valence-electron chi connectivity index (χ0n) is 13.5. The first-order chi connectivity index (χ1) is 12.9. The van der Waals surface area contributed by atoms with Crippen LogP contribution in [0.3, 0.4) is 0 Å². The molecule has 0 spiro atoms. The van der Waals surface area contributed by atoms with E-state index in [0.29, 0.717) is 10.2 Å². The highest BCUT2D eigenvalue weighted by molar-refractivity contribution is 7.17. The van der Waals surface area contributed by atoms with Gasteiger partial charge in [-0.05, 0) is 35.9 Å². The highest BCUT2D eigenvalue weighted by Crippen LogP contribution is 2.39. The van der Waals surface area contributed by atoms with Gasteiger partial charge in [-0.3, -0.25) is 0 Å². The van der Waals surface area contributed by atoms with Crippen LogP contribution in [0, 0.1) is 5.82 Å². The van der Waals surface area contributed by atoms with Crippen molar-refractivity contribution in [2.75, 3.05) is 0 Å². The number of alkyl halides is 3. The maximum Gasteiger partial charge on any atom is 0.416 e. The molecule has 0 aliphatic carbocycles. The van der Waals surface area contributed by atoms with Crippen molar-refractivity contribution < 1.29 is 22.3 Å². The summed E-state index contributed by atoms with van der Waals surface area (Å²) < 4.78 is 57.6. The molecule has 0 bridgehead atoms. The topological polar surface area (TPSA) is 35.0 Å². The number of hydrogen-bond donors (Lipinski definition) is 0. The van der Waals surface area contributed by atoms with Gasteiger partial charge >= 0.3 is 6.18 Å². The fourth-order valence-electron chi connectivity index (χ4n) is 2.61. The van der Waals surface area contributed by atoms with Crippen molar-refractivity contribution in [2.45, 2.75) is 6.18 Å². The van der Waals surface area contributed by atoms with E-state index in [1.165, 1.54) is 41.9 Å². The van der Waals surface area contributed by atoms with Crippen LogP contribution in [0.1, 0.15) is 5.56 Å². The van der Waals surface area contributed by atoms with E-state index in [9.17, 15) is 17.6 Å². The standard InChI is InChI=1S/C19H10F4N2OS/c20-13-6-4-11(5-7-13)15-9-27-18-16(15)17(24-10-25-18)26-14-3-1-2-12(8-14)19(21,22)23/h1-10H. The number of hydrogen-bond acceptors (Lipinski definition) is 4. The van der Waals surface area contributed by atoms with Gasteiger partial charge in [0, 0.05) is 10.9 Å². The fraction of sp³-hybridized carbons (Fsp3) is 0.0526. The van der Waals surface area contributed by atoms with Crippen LogP contribution < -0.4 is 4.74 Å². The summed E-state index contributed by atoms with van der Waals surface area (Å²) in [6.45, 7) is 0. The van der Waals surface area contributed by atoms with Crippen LogP contribution >= 0.6 is 11.3 Å². The van der Waals surface area contributed by atoms with Crippen LogP contribution in [0.5, 0.6) is 11.6 Å². The van der Waals surface area contributed by atoms with Crippen molar-refractivity contribution in [2.24, 2.45) is 0 Å². The van der Waals surface area contributed by atoms with Gasteiger partial charge in [0.25, 0.3) is 0 Å². The summed E-state index contributed by atoms with van der Waals surface area (Å²) in [4.78, 5) is 8.88. The number of rotatable bonds is 3. The molecule has 0 aliphatic rings. The first kappa shape index (κ1) is 17.4. The number of thiophene rings is 1. The Morgan fingerprint density at radius 1 is 0.963 bits per heavy atom. The molecule has 0 saturated heterocycles. The maximum absolute atomic E-state index is 13.2. The molecule has 0 fully saturated rings. The number of aromatic nitrogens is 2. The van der Waals surface area contributed by atoms with Crippen LogP contribution in [-0.2, 0) is 6.18 Å². The second-order valence-corrected chi connectivity index (χ2v) is 6.50. The van der Waals surface area contributed by atoms with Gasteiger partial charge < -0.3 is 4.74 Å². The molecule has 2 aromatic heterocycles. The SMILES string of the molecule is Fc1ccc(-c2csc3ncnc(Oc4cccc(C(F)(F)F)c4)c23)cc1. The second kappa shape index (κ2) is 6.62. The van der Waals surface area contributed by atoms with Crippen LogP contribution in [0.4, 0.5) is 17.6 Å². The highest BCUT2D eigenvalue weighted by Gasteiger charge is 2.30. The lowest BCUT2D eigenvalue weighted by Crippen LogP contribution is -2.04. The third kappa shape index (κ3) is 3.48. The quantitative estimate of drug-likeness (QED) is 0.385. The predicted octanol–water partition coefficient (Wildman–Crippen LogP) is 6.31. The average molecular weight is 390 g/mol. The zero-order chi connectivity index (χ0) is 19.0. The van der Waals surface area contributed by atoms with Gasteiger partial charge in [0.05, 0.1) is 10.9 Å². The smallest absolute Gasteiger partial charge is 0.416 e. The van der Waals surface area contributed by atoms with Crippen LogP contribution in [0.15, 0.2) is 60.2 Å². The molecular weight excluding hydrogens is 380 g/mol. The Hall–Kier alpha value is -3.00. The molecule has 2 heterocycles. The summed E-state index contributed by atoms with van der Waals surface area (Å²) in [6, 6.07) is 10.5. The summed E-state index contributed by atoms with van der Waals surface area (Å²) in [5, 5.41) is 2.39. The lowest BCUT2D eigenvalue weighted by atomic mass is 10.1. The van der Waals surface area contributed by atoms with Crippen LogP contribution in [-0.4, -0.2) is 9.97 Å². The molecule has 0 amide bonds. The number of fused-ring (bicyclic) bond motifs is 1. The van der Waals surface area contributed by atoms with Crippen molar-refractivity contribution in [3.8, 4) is 22.8 Å². The Morgan fingerprint density at radius 2 is 1.74 bits per heavy atom. The molecule has 0 N–H and O–H groups in total. The first-order valence-corrected chi connectivity index (χ1v) is 8.63. The normalized spacial score (nSPS) is 11.7. The molecular formula is C19H10F4N2OS. The largest absolute Gasteiger partial charge is 0.438 e. The highest BCUT2D eigenvalue weighted by atomic mass is 32.1. The van der Waals surface area contributed by atoms with Crippen molar-refractivity contribution in [1.82, 2.24) is 9.97 Å². The molecule has 0 saturated carbocycles. The molecule has 136 valence electrons. The van der Waals surface area contributed by atoms with E-state index in [1.54, 1.807) is 12.1 Å². The molecule has 27 heavy (non-hydrogen) atoms. The summed E-state index contributed by atoms with van der Waals surface area (Å²) in [6.07, 6.45) is -3.18. The molecule has 2 aromatic carbocycles. The fourth-order valence-corrected chi connectivity index (χ4v) is 3.52. The van der Waals surface area contributed by atoms with Gasteiger partial charge in [0.15, 0.2) is 0 Å². The van der Waals surface area contributed by atoms with Crippen molar-refractivity contribution in [3.63, 3.8) is 0 Å². The number of halogens is 4. The van der Waals surface area contributed by atoms with Gasteiger partial charge in [-0.1, -0.05) is 18.2 Å². The van der Waals surface area contributed by atoms with Crippen LogP contribution in [0.25, 0.3) is 21.3 Å². The molecule has 0 aliphatic heterocycles. The Kier molecular flexibility index (Phi) is 4.27. The second-order valence-electron chi connectivity index (χ2n) is 5.64. The monoisotopic (exact) mass is 390 g/mol. The minimum Gasteiger partial charge on any atom is -0.438 e. The van der Waals surface area contributed by atoms with E-state index in [1.807, 2.05) is 5.38 Å². The molecule has 4 rings (SSSR count). The summed E-state index contributed by atoms with van der Waals surface area (Å²) in [7, 11) is 0. The molecule has 0 unspecified atom stereocenters. The van der Waals surface area contributed by atoms with Crippen molar-refractivity contribution >= 4 is 21.6 Å². The third-order valence-electron chi connectivity index (χ3n) is 3.87. The van der Waals surface area contributed by atoms with Crippen LogP contribution in [0.2, 0.25) is 0 Å². The number of ether oxygens (including phenoxy) is 1. The lowest BCUT2D eigenvalue weighted by molar-refractivity contribution is -0.137. The Bertz CT molecular complexity index is 1110. The van der Waals surface area contributed by atoms with Gasteiger partial charge in [0.2, 0.25) is 5.88 Å². The van der Waals surface area contributed by atoms with E-state index in [-0.39, 0.29) is 17.4 Å². The van der Waals surface area contributed by atoms with Crippen molar-refractivity contribution in [3.05, 3.63) is 71.6 Å².